The second-order valence-corrected chi connectivity index (χ2v) is 8.32. The number of thiazole rings is 1. The van der Waals surface area contributed by atoms with Crippen LogP contribution in [0.1, 0.15) is 18.1 Å². The first-order valence-corrected chi connectivity index (χ1v) is 11.1. The molecule has 158 valence electrons. The average molecular weight is 441 g/mol. The van der Waals surface area contributed by atoms with Crippen molar-refractivity contribution in [3.63, 3.8) is 0 Å². The van der Waals surface area contributed by atoms with Crippen molar-refractivity contribution < 1.29 is 4.79 Å². The van der Waals surface area contributed by atoms with Crippen molar-refractivity contribution >= 4 is 38.3 Å². The van der Waals surface area contributed by atoms with Crippen molar-refractivity contribution in [1.29, 1.82) is 0 Å². The van der Waals surface area contributed by atoms with Gasteiger partial charge in [-0.25, -0.2) is 9.67 Å². The molecule has 0 atom stereocenters. The van der Waals surface area contributed by atoms with Crippen LogP contribution in [0.25, 0.3) is 15.9 Å². The zero-order chi connectivity index (χ0) is 21.9. The molecular weight excluding hydrogens is 420 g/mol. The van der Waals surface area contributed by atoms with Crippen LogP contribution >= 0.6 is 11.3 Å². The molecule has 1 amide bonds. The third-order valence-electron chi connectivity index (χ3n) is 5.23. The number of carbonyl (C=O) groups excluding carboxylic acids is 1. The van der Waals surface area contributed by atoms with Crippen LogP contribution in [-0.2, 0) is 17.6 Å². The van der Waals surface area contributed by atoms with Crippen LogP contribution in [0.15, 0.2) is 79.1 Å². The lowest BCUT2D eigenvalue weighted by atomic mass is 10.1. The average Bonchev–Trinajstić information content (AvgIpc) is 3.50. The normalized spacial score (nSPS) is 11.0. The van der Waals surface area contributed by atoms with Gasteiger partial charge >= 0.3 is 0 Å². The Hall–Kier alpha value is -3.91. The Labute approximate surface area is 189 Å². The van der Waals surface area contributed by atoms with Crippen LogP contribution in [0.4, 0.5) is 10.8 Å². The van der Waals surface area contributed by atoms with Crippen LogP contribution < -0.4 is 4.90 Å². The molecule has 0 spiro atoms. The van der Waals surface area contributed by atoms with Gasteiger partial charge in [0.15, 0.2) is 5.13 Å². The van der Waals surface area contributed by atoms with Gasteiger partial charge < -0.3 is 0 Å². The van der Waals surface area contributed by atoms with Gasteiger partial charge in [-0.1, -0.05) is 54.7 Å². The third-order valence-corrected chi connectivity index (χ3v) is 6.25. The Morgan fingerprint density at radius 2 is 1.72 bits per heavy atom. The molecule has 2 heterocycles. The number of anilines is 2. The first-order chi connectivity index (χ1) is 15.7. The minimum absolute atomic E-state index is 0.0384. The molecule has 0 bridgehead atoms. The van der Waals surface area contributed by atoms with E-state index in [4.69, 9.17) is 4.98 Å². The summed E-state index contributed by atoms with van der Waals surface area (Å²) in [6.07, 6.45) is 2.74. The summed E-state index contributed by atoms with van der Waals surface area (Å²) in [5.41, 5.74) is 4.67. The number of para-hydroxylation sites is 1. The molecule has 5 rings (SSSR count). The Morgan fingerprint density at radius 1 is 0.969 bits per heavy atom. The lowest BCUT2D eigenvalue weighted by Gasteiger charge is -2.20. The molecule has 0 radical (unpaired) electrons. The number of amides is 1. The second kappa shape index (κ2) is 8.68. The van der Waals surface area contributed by atoms with Gasteiger partial charge in [0, 0.05) is 0 Å². The fourth-order valence-corrected chi connectivity index (χ4v) is 4.50. The summed E-state index contributed by atoms with van der Waals surface area (Å²) in [6.45, 7) is 2.12. The predicted octanol–water partition coefficient (Wildman–Crippen LogP) is 4.74. The monoisotopic (exact) mass is 440 g/mol. The minimum atomic E-state index is -0.0384. The summed E-state index contributed by atoms with van der Waals surface area (Å²) in [7, 11) is 0. The van der Waals surface area contributed by atoms with Crippen LogP contribution in [0.3, 0.4) is 0 Å². The molecule has 0 aliphatic rings. The van der Waals surface area contributed by atoms with E-state index in [2.05, 4.69) is 34.6 Å². The Morgan fingerprint density at radius 3 is 2.41 bits per heavy atom. The number of aryl methyl sites for hydroxylation is 1. The molecule has 32 heavy (non-hydrogen) atoms. The van der Waals surface area contributed by atoms with E-state index in [0.29, 0.717) is 5.13 Å². The summed E-state index contributed by atoms with van der Waals surface area (Å²) in [5.74, 6) is -0.0384. The molecular formula is C24H20N6OS. The van der Waals surface area contributed by atoms with E-state index in [9.17, 15) is 4.79 Å². The smallest absolute Gasteiger partial charge is 0.237 e. The number of hydrogen-bond acceptors (Lipinski definition) is 6. The number of benzene rings is 3. The molecule has 7 nitrogen and oxygen atoms in total. The van der Waals surface area contributed by atoms with Crippen LogP contribution in [-0.4, -0.2) is 31.1 Å². The highest BCUT2D eigenvalue weighted by atomic mass is 32.1. The first-order valence-electron chi connectivity index (χ1n) is 10.3. The highest BCUT2D eigenvalue weighted by molar-refractivity contribution is 7.22. The van der Waals surface area contributed by atoms with Crippen molar-refractivity contribution in [3.8, 4) is 5.69 Å². The molecule has 8 heteroatoms. The number of fused-ring (bicyclic) bond motifs is 1. The molecule has 0 aliphatic carbocycles. The lowest BCUT2D eigenvalue weighted by molar-refractivity contribution is -0.117. The van der Waals surface area contributed by atoms with Crippen LogP contribution in [0.5, 0.6) is 0 Å². The van der Waals surface area contributed by atoms with E-state index >= 15 is 0 Å². The molecule has 5 aromatic rings. The van der Waals surface area contributed by atoms with Gasteiger partial charge in [-0.15, -0.1) is 5.10 Å². The second-order valence-electron chi connectivity index (χ2n) is 7.31. The van der Waals surface area contributed by atoms with Gasteiger partial charge in [-0.05, 0) is 64.4 Å². The quantitative estimate of drug-likeness (QED) is 0.381. The summed E-state index contributed by atoms with van der Waals surface area (Å²) in [6, 6.07) is 23.7. The van der Waals surface area contributed by atoms with E-state index in [1.807, 2.05) is 60.7 Å². The number of aromatic nitrogens is 5. The molecule has 0 saturated heterocycles. The van der Waals surface area contributed by atoms with Crippen LogP contribution in [0, 0.1) is 0 Å². The zero-order valence-electron chi connectivity index (χ0n) is 17.4. The number of carbonyl (C=O) groups is 1. The third kappa shape index (κ3) is 4.00. The first kappa shape index (κ1) is 20.0. The van der Waals surface area contributed by atoms with Gasteiger partial charge in [-0.2, -0.15) is 0 Å². The summed E-state index contributed by atoms with van der Waals surface area (Å²) >= 11 is 1.52. The van der Waals surface area contributed by atoms with Crippen molar-refractivity contribution in [2.45, 2.75) is 19.8 Å². The molecule has 0 unspecified atom stereocenters. The predicted molar refractivity (Wildman–Crippen MR) is 125 cm³/mol. The fourth-order valence-electron chi connectivity index (χ4n) is 3.50. The molecule has 0 saturated carbocycles. The SMILES string of the molecule is CCc1ccc(N(C(=O)Cc2ccc(-n3cnnn3)cc2)c2nc3ccccc3s2)cc1. The number of nitrogens with zero attached hydrogens (tertiary/aromatic N) is 6. The summed E-state index contributed by atoms with van der Waals surface area (Å²) in [5, 5.41) is 11.9. The molecule has 0 N–H and O–H groups in total. The van der Waals surface area contributed by atoms with E-state index in [-0.39, 0.29) is 12.3 Å². The fraction of sp³-hybridized carbons (Fsp3) is 0.125. The highest BCUT2D eigenvalue weighted by Gasteiger charge is 2.22. The maximum Gasteiger partial charge on any atom is 0.237 e. The summed E-state index contributed by atoms with van der Waals surface area (Å²) < 4.78 is 2.63. The van der Waals surface area contributed by atoms with Crippen LogP contribution in [0.2, 0.25) is 0 Å². The Balaban J connectivity index is 1.47. The maximum atomic E-state index is 13.5. The topological polar surface area (TPSA) is 76.8 Å². The standard InChI is InChI=1S/C24H20N6OS/c1-2-17-7-13-20(14-8-17)30(24-26-21-5-3-4-6-22(21)32-24)23(31)15-18-9-11-19(12-10-18)29-16-25-27-28-29/h3-14,16H,2,15H2,1H3. The molecule has 0 fully saturated rings. The van der Waals surface area contributed by atoms with E-state index in [1.54, 1.807) is 9.58 Å². The van der Waals surface area contributed by atoms with E-state index in [0.717, 1.165) is 33.6 Å². The largest absolute Gasteiger partial charge is 0.274 e. The van der Waals surface area contributed by atoms with E-state index in [1.165, 1.54) is 23.2 Å². The van der Waals surface area contributed by atoms with Gasteiger partial charge in [0.2, 0.25) is 5.91 Å². The van der Waals surface area contributed by atoms with Gasteiger partial charge in [-0.3, -0.25) is 9.69 Å². The van der Waals surface area contributed by atoms with Gasteiger partial charge in [0.05, 0.1) is 28.0 Å². The molecule has 0 aliphatic heterocycles. The molecule has 3 aromatic carbocycles. The Kier molecular flexibility index (Phi) is 5.43. The number of hydrogen-bond donors (Lipinski definition) is 0. The van der Waals surface area contributed by atoms with Gasteiger partial charge in [0.1, 0.15) is 6.33 Å². The van der Waals surface area contributed by atoms with Crippen molar-refractivity contribution in [1.82, 2.24) is 25.2 Å². The van der Waals surface area contributed by atoms with Crippen molar-refractivity contribution in [2.24, 2.45) is 0 Å². The number of tetrazole rings is 1. The van der Waals surface area contributed by atoms with Crippen molar-refractivity contribution in [3.05, 3.63) is 90.3 Å². The van der Waals surface area contributed by atoms with Gasteiger partial charge in [0.25, 0.3) is 0 Å². The minimum Gasteiger partial charge on any atom is -0.274 e. The van der Waals surface area contributed by atoms with E-state index < -0.39 is 0 Å². The number of rotatable bonds is 6. The lowest BCUT2D eigenvalue weighted by Crippen LogP contribution is -2.27. The van der Waals surface area contributed by atoms with Crippen molar-refractivity contribution in [2.75, 3.05) is 4.90 Å². The zero-order valence-corrected chi connectivity index (χ0v) is 18.2. The Bertz CT molecular complexity index is 1310. The maximum absolute atomic E-state index is 13.5. The molecule has 2 aromatic heterocycles. The highest BCUT2D eigenvalue weighted by Crippen LogP contribution is 2.34. The summed E-state index contributed by atoms with van der Waals surface area (Å²) in [4.78, 5) is 20.0.